The summed E-state index contributed by atoms with van der Waals surface area (Å²) in [6, 6.07) is 5.86. The molecule has 5 N–H and O–H groups in total. The van der Waals surface area contributed by atoms with Crippen LogP contribution in [0, 0.1) is 5.82 Å². The normalized spacial score (nSPS) is 18.1. The van der Waals surface area contributed by atoms with Gasteiger partial charge in [0.05, 0.1) is 17.9 Å². The highest BCUT2D eigenvalue weighted by Gasteiger charge is 2.23. The number of hydrogen-bond donors (Lipinski definition) is 4. The second-order valence-electron chi connectivity index (χ2n) is 5.80. The Morgan fingerprint density at radius 1 is 1.39 bits per heavy atom. The minimum Gasteiger partial charge on any atom is -0.507 e. The number of nitrogen functional groups attached to an aromatic ring is 1. The molecular formula is C17H20FN3O2. The molecule has 6 heteroatoms. The summed E-state index contributed by atoms with van der Waals surface area (Å²) >= 11 is 0. The van der Waals surface area contributed by atoms with Gasteiger partial charge in [-0.2, -0.15) is 0 Å². The van der Waals surface area contributed by atoms with Crippen LogP contribution in [0.15, 0.2) is 24.3 Å². The zero-order valence-corrected chi connectivity index (χ0v) is 12.7. The van der Waals surface area contributed by atoms with Gasteiger partial charge in [-0.05, 0) is 49.1 Å². The van der Waals surface area contributed by atoms with Gasteiger partial charge in [-0.15, -0.1) is 0 Å². The van der Waals surface area contributed by atoms with Crippen molar-refractivity contribution in [3.63, 3.8) is 0 Å². The number of hydrogen-bond acceptors (Lipinski definition) is 5. The summed E-state index contributed by atoms with van der Waals surface area (Å²) in [6.07, 6.45) is 1.99. The number of phenols is 1. The van der Waals surface area contributed by atoms with Crippen molar-refractivity contribution in [3.05, 3.63) is 41.2 Å². The second-order valence-corrected chi connectivity index (χ2v) is 5.80. The SMILES string of the molecule is Nc1nc(-c2c(O)cccc2F)cc(C2CCCNC2)c1CO. The summed E-state index contributed by atoms with van der Waals surface area (Å²) in [5.41, 5.74) is 7.75. The van der Waals surface area contributed by atoms with E-state index < -0.39 is 5.82 Å². The first-order valence-electron chi connectivity index (χ1n) is 7.70. The molecular weight excluding hydrogens is 297 g/mol. The minimum absolute atomic E-state index is 0.0358. The first kappa shape index (κ1) is 15.7. The number of pyridine rings is 1. The van der Waals surface area contributed by atoms with E-state index in [2.05, 4.69) is 10.3 Å². The smallest absolute Gasteiger partial charge is 0.136 e. The monoisotopic (exact) mass is 317 g/mol. The topological polar surface area (TPSA) is 91.4 Å². The van der Waals surface area contributed by atoms with Gasteiger partial charge in [0.15, 0.2) is 0 Å². The van der Waals surface area contributed by atoms with Gasteiger partial charge in [-0.1, -0.05) is 6.07 Å². The van der Waals surface area contributed by atoms with Crippen LogP contribution >= 0.6 is 0 Å². The van der Waals surface area contributed by atoms with Crippen molar-refractivity contribution < 1.29 is 14.6 Å². The zero-order valence-electron chi connectivity index (χ0n) is 12.7. The number of aromatic nitrogens is 1. The van der Waals surface area contributed by atoms with E-state index >= 15 is 0 Å². The van der Waals surface area contributed by atoms with Crippen molar-refractivity contribution in [2.24, 2.45) is 0 Å². The maximum Gasteiger partial charge on any atom is 0.136 e. The molecule has 1 aromatic heterocycles. The first-order chi connectivity index (χ1) is 11.1. The molecule has 2 heterocycles. The predicted octanol–water partition coefficient (Wildman–Crippen LogP) is 2.13. The largest absolute Gasteiger partial charge is 0.507 e. The molecule has 1 aliphatic rings. The Morgan fingerprint density at radius 2 is 2.22 bits per heavy atom. The predicted molar refractivity (Wildman–Crippen MR) is 86.5 cm³/mol. The number of piperidine rings is 1. The van der Waals surface area contributed by atoms with Gasteiger partial charge in [0.1, 0.15) is 17.4 Å². The lowest BCUT2D eigenvalue weighted by Gasteiger charge is -2.26. The number of nitrogens with one attached hydrogen (secondary N) is 1. The van der Waals surface area contributed by atoms with E-state index in [1.807, 2.05) is 0 Å². The van der Waals surface area contributed by atoms with Crippen LogP contribution in [0.5, 0.6) is 5.75 Å². The highest BCUT2D eigenvalue weighted by atomic mass is 19.1. The third-order valence-corrected chi connectivity index (χ3v) is 4.33. The molecule has 1 saturated heterocycles. The number of aliphatic hydroxyl groups is 1. The Hall–Kier alpha value is -2.18. The van der Waals surface area contributed by atoms with E-state index in [0.717, 1.165) is 31.5 Å². The quantitative estimate of drug-likeness (QED) is 0.696. The number of nitrogens with zero attached hydrogens (tertiary/aromatic N) is 1. The Bertz CT molecular complexity index is 695. The molecule has 0 aliphatic carbocycles. The molecule has 1 unspecified atom stereocenters. The van der Waals surface area contributed by atoms with Crippen molar-refractivity contribution in [1.29, 1.82) is 0 Å². The lowest BCUT2D eigenvalue weighted by molar-refractivity contribution is 0.279. The number of aromatic hydroxyl groups is 1. The molecule has 1 fully saturated rings. The molecule has 0 bridgehead atoms. The van der Waals surface area contributed by atoms with Crippen LogP contribution in [0.25, 0.3) is 11.3 Å². The lowest BCUT2D eigenvalue weighted by atomic mass is 9.88. The van der Waals surface area contributed by atoms with Crippen LogP contribution < -0.4 is 11.1 Å². The number of anilines is 1. The van der Waals surface area contributed by atoms with Crippen molar-refractivity contribution in [1.82, 2.24) is 10.3 Å². The molecule has 1 atom stereocenters. The first-order valence-corrected chi connectivity index (χ1v) is 7.70. The van der Waals surface area contributed by atoms with Crippen LogP contribution in [0.4, 0.5) is 10.2 Å². The summed E-state index contributed by atoms with van der Waals surface area (Å²) in [7, 11) is 0. The Kier molecular flexibility index (Phi) is 4.45. The highest BCUT2D eigenvalue weighted by molar-refractivity contribution is 5.70. The Balaban J connectivity index is 2.14. The summed E-state index contributed by atoms with van der Waals surface area (Å²) < 4.78 is 14.1. The minimum atomic E-state index is -0.554. The van der Waals surface area contributed by atoms with Crippen molar-refractivity contribution in [2.75, 3.05) is 18.8 Å². The third kappa shape index (κ3) is 3.00. The van der Waals surface area contributed by atoms with Crippen LogP contribution in [-0.2, 0) is 6.61 Å². The van der Waals surface area contributed by atoms with Crippen molar-refractivity contribution in [2.45, 2.75) is 25.4 Å². The van der Waals surface area contributed by atoms with Gasteiger partial charge >= 0.3 is 0 Å². The average molecular weight is 317 g/mol. The molecule has 1 aromatic carbocycles. The van der Waals surface area contributed by atoms with E-state index in [4.69, 9.17) is 5.73 Å². The molecule has 0 radical (unpaired) electrons. The van der Waals surface area contributed by atoms with Gasteiger partial charge < -0.3 is 21.3 Å². The maximum atomic E-state index is 14.1. The molecule has 122 valence electrons. The van der Waals surface area contributed by atoms with E-state index in [1.54, 1.807) is 6.07 Å². The molecule has 0 spiro atoms. The number of rotatable bonds is 3. The molecule has 3 rings (SSSR count). The zero-order chi connectivity index (χ0) is 16.4. The Morgan fingerprint density at radius 3 is 2.87 bits per heavy atom. The van der Waals surface area contributed by atoms with Gasteiger partial charge in [0, 0.05) is 12.1 Å². The Labute approximate surface area is 134 Å². The third-order valence-electron chi connectivity index (χ3n) is 4.33. The number of nitrogens with two attached hydrogens (primary N) is 1. The van der Waals surface area contributed by atoms with Gasteiger partial charge in [-0.3, -0.25) is 0 Å². The van der Waals surface area contributed by atoms with E-state index in [-0.39, 0.29) is 35.3 Å². The highest BCUT2D eigenvalue weighted by Crippen LogP contribution is 2.36. The number of aliphatic hydroxyl groups excluding tert-OH is 1. The standard InChI is InChI=1S/C17H20FN3O2/c18-13-4-1-5-15(23)16(13)14-7-11(10-3-2-6-20-8-10)12(9-22)17(19)21-14/h1,4-5,7,10,20,22-23H,2-3,6,8-9H2,(H2,19,21). The summed E-state index contributed by atoms with van der Waals surface area (Å²) in [6.45, 7) is 1.53. The summed E-state index contributed by atoms with van der Waals surface area (Å²) in [5.74, 6) is -0.375. The molecule has 1 aliphatic heterocycles. The maximum absolute atomic E-state index is 14.1. The summed E-state index contributed by atoms with van der Waals surface area (Å²) in [4.78, 5) is 4.19. The van der Waals surface area contributed by atoms with Gasteiger partial charge in [-0.25, -0.2) is 9.37 Å². The van der Waals surface area contributed by atoms with Gasteiger partial charge in [0.2, 0.25) is 0 Å². The molecule has 5 nitrogen and oxygen atoms in total. The van der Waals surface area contributed by atoms with Crippen molar-refractivity contribution >= 4 is 5.82 Å². The molecule has 2 aromatic rings. The second kappa shape index (κ2) is 6.52. The summed E-state index contributed by atoms with van der Waals surface area (Å²) in [5, 5.41) is 22.9. The van der Waals surface area contributed by atoms with Crippen molar-refractivity contribution in [3.8, 4) is 17.0 Å². The fourth-order valence-corrected chi connectivity index (χ4v) is 3.16. The van der Waals surface area contributed by atoms with Crippen LogP contribution in [-0.4, -0.2) is 28.3 Å². The molecule has 0 saturated carbocycles. The van der Waals surface area contributed by atoms with Crippen LogP contribution in [0.1, 0.15) is 29.9 Å². The lowest BCUT2D eigenvalue weighted by Crippen LogP contribution is -2.29. The average Bonchev–Trinajstić information content (AvgIpc) is 2.55. The number of halogens is 1. The van der Waals surface area contributed by atoms with E-state index in [0.29, 0.717) is 5.56 Å². The number of benzene rings is 1. The van der Waals surface area contributed by atoms with Gasteiger partial charge in [0.25, 0.3) is 0 Å². The fourth-order valence-electron chi connectivity index (χ4n) is 3.16. The molecule has 0 amide bonds. The fraction of sp³-hybridized carbons (Fsp3) is 0.353. The number of phenolic OH excluding ortho intramolecular Hbond substituents is 1. The van der Waals surface area contributed by atoms with E-state index in [9.17, 15) is 14.6 Å². The van der Waals surface area contributed by atoms with Crippen LogP contribution in [0.2, 0.25) is 0 Å². The van der Waals surface area contributed by atoms with E-state index in [1.165, 1.54) is 18.2 Å². The molecule has 23 heavy (non-hydrogen) atoms. The van der Waals surface area contributed by atoms with Crippen LogP contribution in [0.3, 0.4) is 0 Å².